The fourth-order valence-electron chi connectivity index (χ4n) is 3.08. The third-order valence-corrected chi connectivity index (χ3v) is 5.03. The number of anilines is 3. The van der Waals surface area contributed by atoms with Gasteiger partial charge in [-0.3, -0.25) is 0 Å². The third kappa shape index (κ3) is 4.41. The molecule has 2 N–H and O–H groups in total. The minimum absolute atomic E-state index is 0.0959. The SMILES string of the molecule is C=S(C)(=O)Nc1cc(C)c2c(Nc3ccc(F)cc3OC3COC3)ncnc2c1. The number of halogens is 1. The number of hydrogen-bond acceptors (Lipinski definition) is 6. The Morgan fingerprint density at radius 2 is 2.07 bits per heavy atom. The van der Waals surface area contributed by atoms with Gasteiger partial charge < -0.3 is 19.5 Å². The molecule has 1 aliphatic heterocycles. The van der Waals surface area contributed by atoms with E-state index in [1.165, 1.54) is 24.7 Å². The zero-order valence-corrected chi connectivity index (χ0v) is 16.9. The molecule has 0 spiro atoms. The summed E-state index contributed by atoms with van der Waals surface area (Å²) in [5.41, 5.74) is 2.81. The minimum atomic E-state index is -2.41. The van der Waals surface area contributed by atoms with Crippen LogP contribution in [-0.4, -0.2) is 45.6 Å². The zero-order chi connectivity index (χ0) is 20.6. The molecule has 1 aromatic heterocycles. The number of benzene rings is 2. The summed E-state index contributed by atoms with van der Waals surface area (Å²) in [6.45, 7) is 2.87. The Hall–Kier alpha value is -2.91. The molecule has 0 bridgehead atoms. The number of nitrogens with one attached hydrogen (secondary N) is 2. The van der Waals surface area contributed by atoms with E-state index in [1.807, 2.05) is 13.0 Å². The van der Waals surface area contributed by atoms with Gasteiger partial charge in [0.1, 0.15) is 29.8 Å². The second-order valence-electron chi connectivity index (χ2n) is 7.06. The lowest BCUT2D eigenvalue weighted by atomic mass is 10.1. The Kier molecular flexibility index (Phi) is 5.01. The van der Waals surface area contributed by atoms with Crippen molar-refractivity contribution in [2.45, 2.75) is 13.0 Å². The molecule has 0 aliphatic carbocycles. The highest BCUT2D eigenvalue weighted by Crippen LogP contribution is 2.34. The molecule has 0 saturated carbocycles. The summed E-state index contributed by atoms with van der Waals surface area (Å²) in [5, 5.41) is 4.03. The predicted octanol–water partition coefficient (Wildman–Crippen LogP) is 3.27. The number of nitrogens with zero attached hydrogens (tertiary/aromatic N) is 2. The number of aryl methyl sites for hydroxylation is 1. The molecule has 2 aromatic carbocycles. The van der Waals surface area contributed by atoms with Crippen molar-refractivity contribution in [2.75, 3.05) is 29.5 Å². The van der Waals surface area contributed by atoms with Gasteiger partial charge in [-0.15, -0.1) is 0 Å². The van der Waals surface area contributed by atoms with Gasteiger partial charge in [-0.2, -0.15) is 0 Å². The van der Waals surface area contributed by atoms with Crippen molar-refractivity contribution in [3.63, 3.8) is 0 Å². The van der Waals surface area contributed by atoms with E-state index in [1.54, 1.807) is 12.1 Å². The van der Waals surface area contributed by atoms with Crippen molar-refractivity contribution < 1.29 is 18.1 Å². The van der Waals surface area contributed by atoms with Crippen LogP contribution in [0.1, 0.15) is 5.56 Å². The van der Waals surface area contributed by atoms with Crippen molar-refractivity contribution in [3.05, 3.63) is 48.0 Å². The fraction of sp³-hybridized carbons (Fsp3) is 0.250. The number of ether oxygens (including phenoxy) is 2. The number of aromatic nitrogens is 2. The standard InChI is InChI=1S/C20H21FN4O3S/c1-12-6-14(25-29(2,3)26)8-17-19(12)20(23-11-22-17)24-16-5-4-13(21)7-18(16)28-15-9-27-10-15/h4-8,11,15H,2,9-10H2,1,3H3,(H,25,26)(H,22,23,24). The maximum atomic E-state index is 13.8. The van der Waals surface area contributed by atoms with Gasteiger partial charge in [-0.05, 0) is 42.6 Å². The maximum Gasteiger partial charge on any atom is 0.146 e. The first kappa shape index (κ1) is 19.4. The van der Waals surface area contributed by atoms with Gasteiger partial charge in [-0.25, -0.2) is 18.6 Å². The molecular weight excluding hydrogens is 395 g/mol. The highest BCUT2D eigenvalue weighted by molar-refractivity contribution is 8.00. The van der Waals surface area contributed by atoms with Crippen LogP contribution in [-0.2, 0) is 14.4 Å². The van der Waals surface area contributed by atoms with Crippen molar-refractivity contribution in [1.82, 2.24) is 9.97 Å². The van der Waals surface area contributed by atoms with Gasteiger partial charge in [0.05, 0.1) is 24.4 Å². The molecule has 1 atom stereocenters. The summed E-state index contributed by atoms with van der Waals surface area (Å²) in [7, 11) is -2.41. The lowest BCUT2D eigenvalue weighted by Crippen LogP contribution is -2.38. The van der Waals surface area contributed by atoms with Gasteiger partial charge in [0, 0.05) is 33.1 Å². The van der Waals surface area contributed by atoms with Crippen LogP contribution in [0.15, 0.2) is 36.7 Å². The van der Waals surface area contributed by atoms with Crippen molar-refractivity contribution in [2.24, 2.45) is 0 Å². The lowest BCUT2D eigenvalue weighted by molar-refractivity contribution is -0.0794. The van der Waals surface area contributed by atoms with E-state index in [4.69, 9.17) is 9.47 Å². The molecule has 3 aromatic rings. The van der Waals surface area contributed by atoms with Crippen LogP contribution in [0.3, 0.4) is 0 Å². The average Bonchev–Trinajstić information content (AvgIpc) is 2.58. The monoisotopic (exact) mass is 416 g/mol. The molecule has 0 radical (unpaired) electrons. The minimum Gasteiger partial charge on any atom is -0.483 e. The molecule has 7 nitrogen and oxygen atoms in total. The number of hydrogen-bond donors (Lipinski definition) is 2. The second-order valence-corrected chi connectivity index (χ2v) is 9.27. The van der Waals surface area contributed by atoms with E-state index >= 15 is 0 Å². The summed E-state index contributed by atoms with van der Waals surface area (Å²) in [6, 6.07) is 7.95. The highest BCUT2D eigenvalue weighted by Gasteiger charge is 2.22. The zero-order valence-electron chi connectivity index (χ0n) is 16.1. The van der Waals surface area contributed by atoms with Gasteiger partial charge in [0.2, 0.25) is 0 Å². The summed E-state index contributed by atoms with van der Waals surface area (Å²) < 4.78 is 39.6. The fourth-order valence-corrected chi connectivity index (χ4v) is 3.70. The summed E-state index contributed by atoms with van der Waals surface area (Å²) in [5.74, 6) is 4.19. The molecule has 1 aliphatic rings. The van der Waals surface area contributed by atoms with Crippen LogP contribution in [0.4, 0.5) is 21.6 Å². The molecule has 0 amide bonds. The van der Waals surface area contributed by atoms with E-state index in [0.29, 0.717) is 41.7 Å². The van der Waals surface area contributed by atoms with Crippen LogP contribution >= 0.6 is 0 Å². The first-order valence-corrected chi connectivity index (χ1v) is 11.1. The van der Waals surface area contributed by atoms with Crippen molar-refractivity contribution >= 4 is 43.7 Å². The second kappa shape index (κ2) is 7.49. The Balaban J connectivity index is 1.72. The van der Waals surface area contributed by atoms with Crippen LogP contribution in [0.25, 0.3) is 10.9 Å². The van der Waals surface area contributed by atoms with Gasteiger partial charge in [0.25, 0.3) is 0 Å². The molecule has 4 rings (SSSR count). The molecule has 152 valence electrons. The highest BCUT2D eigenvalue weighted by atomic mass is 32.2. The molecule has 29 heavy (non-hydrogen) atoms. The first-order chi connectivity index (χ1) is 13.8. The Bertz CT molecular complexity index is 1180. The van der Waals surface area contributed by atoms with E-state index in [2.05, 4.69) is 25.9 Å². The van der Waals surface area contributed by atoms with Crippen LogP contribution in [0.5, 0.6) is 5.75 Å². The number of rotatable bonds is 6. The lowest BCUT2D eigenvalue weighted by Gasteiger charge is -2.27. The van der Waals surface area contributed by atoms with Crippen LogP contribution < -0.4 is 14.8 Å². The molecule has 1 saturated heterocycles. The van der Waals surface area contributed by atoms with Crippen molar-refractivity contribution in [3.8, 4) is 5.75 Å². The number of fused-ring (bicyclic) bond motifs is 1. The van der Waals surface area contributed by atoms with Crippen molar-refractivity contribution in [1.29, 1.82) is 0 Å². The predicted molar refractivity (Wildman–Crippen MR) is 114 cm³/mol. The van der Waals surface area contributed by atoms with E-state index in [9.17, 15) is 8.60 Å². The van der Waals surface area contributed by atoms with Crippen LogP contribution in [0.2, 0.25) is 0 Å². The Labute approximate surface area is 168 Å². The normalized spacial score (nSPS) is 16.1. The van der Waals surface area contributed by atoms with E-state index in [-0.39, 0.29) is 11.9 Å². The van der Waals surface area contributed by atoms with Gasteiger partial charge in [-0.1, -0.05) is 0 Å². The first-order valence-electron chi connectivity index (χ1n) is 8.95. The molecule has 1 fully saturated rings. The summed E-state index contributed by atoms with van der Waals surface area (Å²) in [4.78, 5) is 8.69. The maximum absolute atomic E-state index is 13.8. The topological polar surface area (TPSA) is 85.4 Å². The van der Waals surface area contributed by atoms with E-state index < -0.39 is 9.71 Å². The molecule has 9 heteroatoms. The van der Waals surface area contributed by atoms with Gasteiger partial charge >= 0.3 is 0 Å². The average molecular weight is 416 g/mol. The summed E-state index contributed by atoms with van der Waals surface area (Å²) in [6.07, 6.45) is 2.87. The molecular formula is C20H21FN4O3S. The van der Waals surface area contributed by atoms with Crippen LogP contribution in [0, 0.1) is 12.7 Å². The third-order valence-electron chi connectivity index (χ3n) is 4.37. The van der Waals surface area contributed by atoms with E-state index in [0.717, 1.165) is 10.9 Å². The Morgan fingerprint density at radius 3 is 2.76 bits per heavy atom. The quantitative estimate of drug-likeness (QED) is 0.600. The smallest absolute Gasteiger partial charge is 0.146 e. The molecule has 1 unspecified atom stereocenters. The van der Waals surface area contributed by atoms with Gasteiger partial charge in [0.15, 0.2) is 0 Å². The summed E-state index contributed by atoms with van der Waals surface area (Å²) >= 11 is 0. The molecule has 2 heterocycles. The largest absolute Gasteiger partial charge is 0.483 e. The Morgan fingerprint density at radius 1 is 1.28 bits per heavy atom.